The van der Waals surface area contributed by atoms with E-state index in [1.54, 1.807) is 0 Å². The molecule has 0 radical (unpaired) electrons. The molecular formula is C18H30N6O. The van der Waals surface area contributed by atoms with E-state index >= 15 is 0 Å². The number of likely N-dealkylation sites (tertiary alicyclic amines) is 1. The van der Waals surface area contributed by atoms with Gasteiger partial charge >= 0.3 is 0 Å². The number of rotatable bonds is 2. The van der Waals surface area contributed by atoms with Crippen molar-refractivity contribution >= 4 is 11.9 Å². The van der Waals surface area contributed by atoms with Gasteiger partial charge in [-0.2, -0.15) is 0 Å². The summed E-state index contributed by atoms with van der Waals surface area (Å²) in [4.78, 5) is 28.1. The third-order valence-electron chi connectivity index (χ3n) is 6.00. The highest BCUT2D eigenvalue weighted by molar-refractivity contribution is 5.79. The van der Waals surface area contributed by atoms with E-state index in [1.807, 2.05) is 18.7 Å². The maximum atomic E-state index is 12.8. The van der Waals surface area contributed by atoms with Crippen LogP contribution in [-0.4, -0.2) is 82.9 Å². The average Bonchev–Trinajstić information content (AvgIpc) is 2.55. The van der Waals surface area contributed by atoms with Crippen molar-refractivity contribution in [1.82, 2.24) is 24.7 Å². The van der Waals surface area contributed by atoms with Crippen LogP contribution in [0.2, 0.25) is 0 Å². The number of nitrogens with zero attached hydrogens (tertiary/aromatic N) is 5. The Bertz CT molecular complexity index is 630. The molecule has 2 fully saturated rings. The van der Waals surface area contributed by atoms with E-state index in [1.165, 1.54) is 0 Å². The molecule has 1 amide bonds. The van der Waals surface area contributed by atoms with Crippen LogP contribution in [0.25, 0.3) is 0 Å². The Kier molecular flexibility index (Phi) is 4.97. The lowest BCUT2D eigenvalue weighted by Gasteiger charge is -2.52. The molecule has 0 unspecified atom stereocenters. The summed E-state index contributed by atoms with van der Waals surface area (Å²) < 4.78 is 0. The van der Waals surface area contributed by atoms with Gasteiger partial charge in [-0.05, 0) is 40.8 Å². The largest absolute Gasteiger partial charge is 0.368 e. The van der Waals surface area contributed by atoms with Gasteiger partial charge in [0.1, 0.15) is 0 Å². The predicted octanol–water partition coefficient (Wildman–Crippen LogP) is 0.457. The van der Waals surface area contributed by atoms with Crippen LogP contribution >= 0.6 is 0 Å². The summed E-state index contributed by atoms with van der Waals surface area (Å²) >= 11 is 0. The number of nitrogen functional groups attached to an aromatic ring is 1. The topological polar surface area (TPSA) is 78.6 Å². The van der Waals surface area contributed by atoms with Crippen molar-refractivity contribution < 1.29 is 4.79 Å². The van der Waals surface area contributed by atoms with Gasteiger partial charge in [0.25, 0.3) is 0 Å². The SMILES string of the molecule is Cc1nc(N)nc(C)c1CC(=O)N1CCC2(CC1)CN(C)CCN2C. The number of aromatic nitrogens is 2. The number of piperidine rings is 1. The molecule has 7 nitrogen and oxygen atoms in total. The first-order chi connectivity index (χ1) is 11.8. The number of aryl methyl sites for hydroxylation is 2. The van der Waals surface area contributed by atoms with Crippen LogP contribution in [0, 0.1) is 13.8 Å². The van der Waals surface area contributed by atoms with Gasteiger partial charge in [0, 0.05) is 55.2 Å². The molecule has 0 atom stereocenters. The van der Waals surface area contributed by atoms with E-state index < -0.39 is 0 Å². The number of hydrogen-bond acceptors (Lipinski definition) is 6. The fourth-order valence-electron chi connectivity index (χ4n) is 4.26. The molecule has 0 saturated carbocycles. The molecule has 25 heavy (non-hydrogen) atoms. The number of piperazine rings is 1. The lowest BCUT2D eigenvalue weighted by atomic mass is 9.83. The van der Waals surface area contributed by atoms with E-state index in [0.29, 0.717) is 6.42 Å². The number of likely N-dealkylation sites (N-methyl/N-ethyl adjacent to an activating group) is 2. The van der Waals surface area contributed by atoms with E-state index in [-0.39, 0.29) is 17.4 Å². The summed E-state index contributed by atoms with van der Waals surface area (Å²) in [5.41, 5.74) is 8.42. The number of anilines is 1. The van der Waals surface area contributed by atoms with Crippen molar-refractivity contribution in [1.29, 1.82) is 0 Å². The standard InChI is InChI=1S/C18H30N6O/c1-13-15(14(2)21-17(19)20-13)11-16(25)24-7-5-18(6-8-24)12-22(3)9-10-23(18)4/h5-12H2,1-4H3,(H2,19,20,21). The molecule has 0 aromatic carbocycles. The summed E-state index contributed by atoms with van der Waals surface area (Å²) in [5.74, 6) is 0.441. The smallest absolute Gasteiger partial charge is 0.227 e. The van der Waals surface area contributed by atoms with Gasteiger partial charge in [0.2, 0.25) is 11.9 Å². The Balaban J connectivity index is 1.64. The summed E-state index contributed by atoms with van der Waals surface area (Å²) in [7, 11) is 4.42. The maximum Gasteiger partial charge on any atom is 0.227 e. The minimum absolute atomic E-state index is 0.168. The van der Waals surface area contributed by atoms with Crippen LogP contribution in [0.3, 0.4) is 0 Å². The Morgan fingerprint density at radius 1 is 1.08 bits per heavy atom. The molecule has 138 valence electrons. The van der Waals surface area contributed by atoms with Gasteiger partial charge < -0.3 is 15.5 Å². The third-order valence-corrected chi connectivity index (χ3v) is 6.00. The number of amides is 1. The van der Waals surface area contributed by atoms with E-state index in [2.05, 4.69) is 33.9 Å². The molecule has 0 aliphatic carbocycles. The lowest BCUT2D eigenvalue weighted by molar-refractivity contribution is -0.134. The second-order valence-electron chi connectivity index (χ2n) is 7.67. The van der Waals surface area contributed by atoms with Gasteiger partial charge in [0.15, 0.2) is 0 Å². The molecule has 3 heterocycles. The van der Waals surface area contributed by atoms with E-state index in [9.17, 15) is 4.79 Å². The minimum atomic E-state index is 0.168. The molecular weight excluding hydrogens is 316 g/mol. The molecule has 2 N–H and O–H groups in total. The van der Waals surface area contributed by atoms with Crippen LogP contribution in [0.15, 0.2) is 0 Å². The van der Waals surface area contributed by atoms with Crippen molar-refractivity contribution in [2.75, 3.05) is 52.6 Å². The Morgan fingerprint density at radius 3 is 2.28 bits per heavy atom. The normalized spacial score (nSPS) is 21.7. The van der Waals surface area contributed by atoms with Gasteiger partial charge in [-0.1, -0.05) is 0 Å². The molecule has 2 aliphatic heterocycles. The van der Waals surface area contributed by atoms with Crippen molar-refractivity contribution in [2.45, 2.75) is 38.6 Å². The number of nitrogens with two attached hydrogens (primary N) is 1. The fourth-order valence-corrected chi connectivity index (χ4v) is 4.26. The van der Waals surface area contributed by atoms with Crippen LogP contribution in [0.5, 0.6) is 0 Å². The zero-order chi connectivity index (χ0) is 18.2. The summed E-state index contributed by atoms with van der Waals surface area (Å²) in [6.45, 7) is 8.75. The quantitative estimate of drug-likeness (QED) is 0.838. The molecule has 2 saturated heterocycles. The van der Waals surface area contributed by atoms with Gasteiger partial charge in [-0.15, -0.1) is 0 Å². The number of carbonyl (C=O) groups excluding carboxylic acids is 1. The highest BCUT2D eigenvalue weighted by atomic mass is 16.2. The first kappa shape index (κ1) is 18.1. The highest BCUT2D eigenvalue weighted by Gasteiger charge is 2.42. The Labute approximate surface area is 150 Å². The van der Waals surface area contributed by atoms with Crippen LogP contribution in [0.1, 0.15) is 29.8 Å². The van der Waals surface area contributed by atoms with Crippen LogP contribution in [0.4, 0.5) is 5.95 Å². The summed E-state index contributed by atoms with van der Waals surface area (Å²) in [5, 5.41) is 0. The van der Waals surface area contributed by atoms with Gasteiger partial charge in [-0.3, -0.25) is 9.69 Å². The van der Waals surface area contributed by atoms with E-state index in [4.69, 9.17) is 5.73 Å². The van der Waals surface area contributed by atoms with Crippen molar-refractivity contribution in [3.8, 4) is 0 Å². The monoisotopic (exact) mass is 346 g/mol. The van der Waals surface area contributed by atoms with Crippen molar-refractivity contribution in [3.05, 3.63) is 17.0 Å². The van der Waals surface area contributed by atoms with Gasteiger partial charge in [-0.25, -0.2) is 9.97 Å². The van der Waals surface area contributed by atoms with Crippen molar-refractivity contribution in [2.24, 2.45) is 0 Å². The maximum absolute atomic E-state index is 12.8. The molecule has 1 spiro atoms. The minimum Gasteiger partial charge on any atom is -0.368 e. The second kappa shape index (κ2) is 6.88. The lowest BCUT2D eigenvalue weighted by Crippen LogP contribution is -2.64. The molecule has 0 bridgehead atoms. The Hall–Kier alpha value is -1.73. The third kappa shape index (κ3) is 3.62. The van der Waals surface area contributed by atoms with E-state index in [0.717, 1.165) is 62.5 Å². The Morgan fingerprint density at radius 2 is 1.68 bits per heavy atom. The van der Waals surface area contributed by atoms with Crippen LogP contribution in [-0.2, 0) is 11.2 Å². The molecule has 3 rings (SSSR count). The second-order valence-corrected chi connectivity index (χ2v) is 7.67. The van der Waals surface area contributed by atoms with Gasteiger partial charge in [0.05, 0.1) is 6.42 Å². The fraction of sp³-hybridized carbons (Fsp3) is 0.722. The highest BCUT2D eigenvalue weighted by Crippen LogP contribution is 2.31. The zero-order valence-corrected chi connectivity index (χ0v) is 15.9. The average molecular weight is 346 g/mol. The predicted molar refractivity (Wildman–Crippen MR) is 98.3 cm³/mol. The zero-order valence-electron chi connectivity index (χ0n) is 15.9. The summed E-state index contributed by atoms with van der Waals surface area (Å²) in [6, 6.07) is 0. The first-order valence-electron chi connectivity index (χ1n) is 9.08. The summed E-state index contributed by atoms with van der Waals surface area (Å²) in [6.07, 6.45) is 2.44. The molecule has 1 aromatic heterocycles. The number of carbonyl (C=O) groups is 1. The van der Waals surface area contributed by atoms with Crippen molar-refractivity contribution in [3.63, 3.8) is 0 Å². The molecule has 1 aromatic rings. The number of hydrogen-bond donors (Lipinski definition) is 1. The molecule has 7 heteroatoms. The first-order valence-corrected chi connectivity index (χ1v) is 9.08. The molecule has 2 aliphatic rings. The van der Waals surface area contributed by atoms with Crippen LogP contribution < -0.4 is 5.73 Å².